The highest BCUT2D eigenvalue weighted by Gasteiger charge is 2.19. The van der Waals surface area contributed by atoms with Crippen LogP contribution in [0.1, 0.15) is 12.5 Å². The molecule has 1 aliphatic heterocycles. The molecule has 0 bridgehead atoms. The Labute approximate surface area is 110 Å². The zero-order valence-electron chi connectivity index (χ0n) is 10.8. The van der Waals surface area contributed by atoms with Crippen molar-refractivity contribution in [1.29, 1.82) is 0 Å². The van der Waals surface area contributed by atoms with Crippen LogP contribution in [-0.2, 0) is 13.0 Å². The van der Waals surface area contributed by atoms with E-state index in [0.717, 1.165) is 27.9 Å². The van der Waals surface area contributed by atoms with Crippen LogP contribution in [0, 0.1) is 0 Å². The fourth-order valence-electron chi connectivity index (χ4n) is 2.55. The van der Waals surface area contributed by atoms with Gasteiger partial charge in [-0.1, -0.05) is 18.2 Å². The first kappa shape index (κ1) is 11.9. The fourth-order valence-corrected chi connectivity index (χ4v) is 2.55. The van der Waals surface area contributed by atoms with E-state index in [1.165, 1.54) is 0 Å². The van der Waals surface area contributed by atoms with Gasteiger partial charge in [-0.05, 0) is 13.0 Å². The molecular formula is C14H16N4O. The third-order valence-corrected chi connectivity index (χ3v) is 3.41. The minimum atomic E-state index is 0.0286. The highest BCUT2D eigenvalue weighted by atomic mass is 16.1. The lowest BCUT2D eigenvalue weighted by atomic mass is 10.0. The lowest BCUT2D eigenvalue weighted by Crippen LogP contribution is -2.30. The van der Waals surface area contributed by atoms with Crippen molar-refractivity contribution in [2.24, 2.45) is 10.8 Å². The van der Waals surface area contributed by atoms with E-state index in [4.69, 9.17) is 5.73 Å². The summed E-state index contributed by atoms with van der Waals surface area (Å²) in [6.07, 6.45) is 0.594. The van der Waals surface area contributed by atoms with Crippen LogP contribution in [0.25, 0.3) is 10.9 Å². The minimum Gasteiger partial charge on any atom is -0.329 e. The Hall–Kier alpha value is -2.14. The molecule has 5 nitrogen and oxygen atoms in total. The van der Waals surface area contributed by atoms with Gasteiger partial charge in [0.25, 0.3) is 5.56 Å². The molecule has 0 spiro atoms. The maximum atomic E-state index is 12.6. The number of nitrogens with zero attached hydrogens (tertiary/aromatic N) is 2. The van der Waals surface area contributed by atoms with Crippen LogP contribution in [0.2, 0.25) is 0 Å². The Morgan fingerprint density at radius 3 is 3.00 bits per heavy atom. The number of fused-ring (bicyclic) bond motifs is 3. The number of para-hydroxylation sites is 1. The van der Waals surface area contributed by atoms with Crippen molar-refractivity contribution in [1.82, 2.24) is 4.57 Å². The summed E-state index contributed by atoms with van der Waals surface area (Å²) in [6, 6.07) is 7.84. The van der Waals surface area contributed by atoms with Crippen LogP contribution >= 0.6 is 0 Å². The van der Waals surface area contributed by atoms with Gasteiger partial charge in [-0.2, -0.15) is 5.10 Å². The Balaban J connectivity index is 2.38. The van der Waals surface area contributed by atoms with Crippen molar-refractivity contribution in [3.05, 3.63) is 40.2 Å². The van der Waals surface area contributed by atoms with Gasteiger partial charge in [0.05, 0.1) is 11.2 Å². The van der Waals surface area contributed by atoms with Crippen LogP contribution in [0.4, 0.5) is 5.69 Å². The van der Waals surface area contributed by atoms with E-state index in [1.807, 2.05) is 31.2 Å². The van der Waals surface area contributed by atoms with Crippen molar-refractivity contribution >= 4 is 22.3 Å². The number of nitrogens with two attached hydrogens (primary N) is 1. The quantitative estimate of drug-likeness (QED) is 0.850. The molecule has 0 unspecified atom stereocenters. The molecule has 0 amide bonds. The van der Waals surface area contributed by atoms with Crippen LogP contribution in [0.15, 0.2) is 34.2 Å². The van der Waals surface area contributed by atoms with E-state index in [1.54, 1.807) is 4.57 Å². The van der Waals surface area contributed by atoms with Gasteiger partial charge in [0.1, 0.15) is 0 Å². The number of benzene rings is 1. The van der Waals surface area contributed by atoms with Crippen molar-refractivity contribution in [2.45, 2.75) is 19.9 Å². The number of aromatic nitrogens is 1. The van der Waals surface area contributed by atoms with Crippen LogP contribution in [-0.4, -0.2) is 16.8 Å². The first-order valence-corrected chi connectivity index (χ1v) is 6.36. The number of anilines is 1. The second-order valence-corrected chi connectivity index (χ2v) is 4.75. The maximum absolute atomic E-state index is 12.6. The van der Waals surface area contributed by atoms with Crippen molar-refractivity contribution in [3.63, 3.8) is 0 Å². The van der Waals surface area contributed by atoms with E-state index < -0.39 is 0 Å². The summed E-state index contributed by atoms with van der Waals surface area (Å²) in [7, 11) is 0. The van der Waals surface area contributed by atoms with E-state index >= 15 is 0 Å². The molecule has 0 fully saturated rings. The average Bonchev–Trinajstić information content (AvgIpc) is 2.43. The Bertz CT molecular complexity index is 730. The van der Waals surface area contributed by atoms with Gasteiger partial charge >= 0.3 is 0 Å². The van der Waals surface area contributed by atoms with Crippen LogP contribution in [0.5, 0.6) is 0 Å². The average molecular weight is 256 g/mol. The summed E-state index contributed by atoms with van der Waals surface area (Å²) in [5, 5.41) is 5.25. The van der Waals surface area contributed by atoms with Crippen LogP contribution in [0.3, 0.4) is 0 Å². The standard InChI is InChI=1S/C14H16N4O/c1-9-8-11-13(17-16-9)10-4-2-3-5-12(10)18(7-6-15)14(11)19/h2-5,17H,6-8,15H2,1H3. The summed E-state index contributed by atoms with van der Waals surface area (Å²) in [5.41, 5.74) is 12.1. The topological polar surface area (TPSA) is 72.4 Å². The third-order valence-electron chi connectivity index (χ3n) is 3.41. The van der Waals surface area contributed by atoms with Gasteiger partial charge in [0.2, 0.25) is 0 Å². The molecule has 5 heteroatoms. The Morgan fingerprint density at radius 2 is 2.21 bits per heavy atom. The van der Waals surface area contributed by atoms with Gasteiger partial charge in [-0.3, -0.25) is 10.2 Å². The smallest absolute Gasteiger partial charge is 0.256 e. The Kier molecular flexibility index (Phi) is 2.83. The number of hydrazone groups is 1. The summed E-state index contributed by atoms with van der Waals surface area (Å²) in [4.78, 5) is 12.6. The fraction of sp³-hybridized carbons (Fsp3) is 0.286. The molecule has 0 saturated carbocycles. The number of nitrogens with one attached hydrogen (secondary N) is 1. The second-order valence-electron chi connectivity index (χ2n) is 4.75. The third kappa shape index (κ3) is 1.82. The molecule has 2 aromatic rings. The highest BCUT2D eigenvalue weighted by Crippen LogP contribution is 2.27. The number of hydrogen-bond acceptors (Lipinski definition) is 4. The van der Waals surface area contributed by atoms with Gasteiger partial charge in [-0.15, -0.1) is 0 Å². The summed E-state index contributed by atoms with van der Waals surface area (Å²) >= 11 is 0. The van der Waals surface area contributed by atoms with Crippen molar-refractivity contribution in [3.8, 4) is 0 Å². The number of rotatable bonds is 2. The normalized spacial score (nSPS) is 13.9. The zero-order valence-corrected chi connectivity index (χ0v) is 10.8. The second kappa shape index (κ2) is 4.51. The Morgan fingerprint density at radius 1 is 1.42 bits per heavy atom. The molecule has 3 N–H and O–H groups in total. The van der Waals surface area contributed by atoms with Gasteiger partial charge in [-0.25, -0.2) is 0 Å². The van der Waals surface area contributed by atoms with Gasteiger partial charge < -0.3 is 10.3 Å². The molecule has 0 aliphatic carbocycles. The minimum absolute atomic E-state index is 0.0286. The molecule has 3 rings (SSSR count). The summed E-state index contributed by atoms with van der Waals surface area (Å²) in [5.74, 6) is 0. The molecule has 0 radical (unpaired) electrons. The first-order valence-electron chi connectivity index (χ1n) is 6.36. The maximum Gasteiger partial charge on any atom is 0.256 e. The van der Waals surface area contributed by atoms with E-state index in [-0.39, 0.29) is 5.56 Å². The van der Waals surface area contributed by atoms with Gasteiger partial charge in [0, 0.05) is 36.2 Å². The lowest BCUT2D eigenvalue weighted by Gasteiger charge is -2.20. The highest BCUT2D eigenvalue weighted by molar-refractivity contribution is 5.98. The lowest BCUT2D eigenvalue weighted by molar-refractivity contribution is 0.701. The molecule has 1 aliphatic rings. The molecule has 0 saturated heterocycles. The number of hydrogen-bond donors (Lipinski definition) is 2. The van der Waals surface area contributed by atoms with Crippen molar-refractivity contribution < 1.29 is 0 Å². The summed E-state index contributed by atoms with van der Waals surface area (Å²) < 4.78 is 1.76. The molecule has 1 aromatic heterocycles. The van der Waals surface area contributed by atoms with E-state index in [2.05, 4.69) is 10.5 Å². The van der Waals surface area contributed by atoms with Crippen LogP contribution < -0.4 is 16.7 Å². The zero-order chi connectivity index (χ0) is 13.4. The van der Waals surface area contributed by atoms with Gasteiger partial charge in [0.15, 0.2) is 0 Å². The molecule has 19 heavy (non-hydrogen) atoms. The molecule has 0 atom stereocenters. The SMILES string of the molecule is CC1=NNc2c(c(=O)n(CCN)c3ccccc23)C1. The summed E-state index contributed by atoms with van der Waals surface area (Å²) in [6.45, 7) is 2.89. The predicted octanol–water partition coefficient (Wildman–Crippen LogP) is 1.30. The molecule has 98 valence electrons. The van der Waals surface area contributed by atoms with Crippen molar-refractivity contribution in [2.75, 3.05) is 12.0 Å². The first-order chi connectivity index (χ1) is 9.22. The molecule has 2 heterocycles. The van der Waals surface area contributed by atoms with E-state index in [0.29, 0.717) is 19.5 Å². The van der Waals surface area contributed by atoms with E-state index in [9.17, 15) is 4.79 Å². The largest absolute Gasteiger partial charge is 0.329 e. The number of pyridine rings is 1. The predicted molar refractivity (Wildman–Crippen MR) is 77.7 cm³/mol. The monoisotopic (exact) mass is 256 g/mol. The molecule has 1 aromatic carbocycles. The molecular weight excluding hydrogens is 240 g/mol.